The van der Waals surface area contributed by atoms with Crippen LogP contribution in [0.25, 0.3) is 132 Å². The molecule has 0 aliphatic carbocycles. The highest BCUT2D eigenvalue weighted by Crippen LogP contribution is 2.51. The topological polar surface area (TPSA) is 38.9 Å². The van der Waals surface area contributed by atoms with Gasteiger partial charge in [0.1, 0.15) is 11.5 Å². The van der Waals surface area contributed by atoms with Crippen LogP contribution in [0.15, 0.2) is 222 Å². The number of aromatic nitrogens is 2. The summed E-state index contributed by atoms with van der Waals surface area (Å²) in [5.41, 5.74) is -10.4. The number of benzene rings is 10. The van der Waals surface area contributed by atoms with E-state index in [1.54, 1.807) is 0 Å². The minimum absolute atomic E-state index is 0.411. The molecule has 3 heteroatoms. The van der Waals surface area contributed by atoms with Gasteiger partial charge in [-0.05, 0) is 89.5 Å². The van der Waals surface area contributed by atoms with Gasteiger partial charge < -0.3 is 4.42 Å². The Labute approximate surface area is 412 Å². The van der Waals surface area contributed by atoms with Gasteiger partial charge in [-0.25, -0.2) is 4.98 Å². The lowest BCUT2D eigenvalue weighted by atomic mass is 9.87. The Hall–Kier alpha value is -8.40. The first-order valence-electron chi connectivity index (χ1n) is 36.1. The molecule has 3 nitrogen and oxygen atoms in total. The summed E-state index contributed by atoms with van der Waals surface area (Å²) in [5, 5.41) is -5.99. The molecule has 0 unspecified atom stereocenters. The zero-order valence-electron chi connectivity index (χ0n) is 66.4. The highest BCUT2D eigenvalue weighted by Gasteiger charge is 2.27. The first-order valence-corrected chi connectivity index (χ1v) is 18.6. The highest BCUT2D eigenvalue weighted by atomic mass is 16.3. The smallest absolute Gasteiger partial charge is 0.143 e. The summed E-state index contributed by atoms with van der Waals surface area (Å²) in [6, 6.07) is -33.3. The second-order valence-corrected chi connectivity index (χ2v) is 13.7. The molecule has 0 N–H and O–H groups in total. The molecule has 0 atom stereocenters. The van der Waals surface area contributed by atoms with Crippen LogP contribution in [0.5, 0.6) is 0 Å². The van der Waals surface area contributed by atoms with Gasteiger partial charge in [-0.3, -0.25) is 4.98 Å². The maximum absolute atomic E-state index is 10.4. The Morgan fingerprint density at radius 2 is 0.952 bits per heavy atom. The third kappa shape index (κ3) is 5.60. The van der Waals surface area contributed by atoms with Crippen LogP contribution >= 0.6 is 0 Å². The van der Waals surface area contributed by atoms with Crippen LogP contribution in [0, 0.1) is 0 Å². The Balaban J connectivity index is 1.27. The van der Waals surface area contributed by atoms with E-state index in [1.165, 1.54) is 0 Å². The molecule has 13 aromatic rings. The molecule has 0 spiro atoms. The summed E-state index contributed by atoms with van der Waals surface area (Å²) in [4.78, 5) is 8.51. The van der Waals surface area contributed by atoms with Gasteiger partial charge in [0.05, 0.1) is 64.7 Å². The fourth-order valence-electron chi connectivity index (χ4n) is 7.62. The summed E-state index contributed by atoms with van der Waals surface area (Å²) < 4.78 is 329. The first kappa shape index (κ1) is 15.2. The second-order valence-electron chi connectivity index (χ2n) is 13.7. The largest absolute Gasteiger partial charge is 0.455 e. The monoisotopic (exact) mass is 836 g/mol. The van der Waals surface area contributed by atoms with E-state index >= 15 is 0 Å². The molecule has 0 saturated heterocycles. The average molecular weight is 836 g/mol. The van der Waals surface area contributed by atoms with Crippen LogP contribution in [0.3, 0.4) is 0 Å². The minimum Gasteiger partial charge on any atom is -0.455 e. The highest BCUT2D eigenvalue weighted by molar-refractivity contribution is 6.26. The Bertz CT molecular complexity index is 5950. The van der Waals surface area contributed by atoms with E-state index in [0.29, 0.717) is 0 Å². The summed E-state index contributed by atoms with van der Waals surface area (Å²) in [5.74, 6) is -2.10. The summed E-state index contributed by atoms with van der Waals surface area (Å²) in [6.45, 7) is 0. The van der Waals surface area contributed by atoms with Crippen molar-refractivity contribution in [1.29, 1.82) is 0 Å². The van der Waals surface area contributed by atoms with E-state index in [1.807, 2.05) is 0 Å². The van der Waals surface area contributed by atoms with Crippen molar-refractivity contribution in [2.75, 3.05) is 0 Å². The molecule has 0 bridgehead atoms. The fourth-order valence-corrected chi connectivity index (χ4v) is 7.62. The van der Waals surface area contributed by atoms with Gasteiger partial charge in [0.2, 0.25) is 0 Å². The summed E-state index contributed by atoms with van der Waals surface area (Å²) in [6.07, 6.45) is -0.828. The van der Waals surface area contributed by atoms with Crippen molar-refractivity contribution in [3.05, 3.63) is 218 Å². The lowest BCUT2D eigenvalue weighted by Gasteiger charge is -2.15. The van der Waals surface area contributed by atoms with Crippen molar-refractivity contribution in [1.82, 2.24) is 9.97 Å². The van der Waals surface area contributed by atoms with Crippen LogP contribution in [0.1, 0.15) is 48.0 Å². The van der Waals surface area contributed by atoms with Gasteiger partial charge in [0, 0.05) is 44.8 Å². The zero-order valence-corrected chi connectivity index (χ0v) is 31.4. The number of hydrogen-bond donors (Lipinski definition) is 0. The van der Waals surface area contributed by atoms with Crippen LogP contribution < -0.4 is 0 Å². The average Bonchev–Trinajstić information content (AvgIpc) is 0.885. The van der Waals surface area contributed by atoms with E-state index in [9.17, 15) is 24.7 Å². The molecule has 13 rings (SSSR count). The number of pyridine rings is 2. The van der Waals surface area contributed by atoms with E-state index < -0.39 is 344 Å². The maximum Gasteiger partial charge on any atom is 0.143 e. The molecular weight excluding hydrogens is 765 g/mol. The zero-order chi connectivity index (χ0) is 71.9. The first-order chi connectivity index (χ1) is 45.8. The predicted octanol–water partition coefficient (Wildman–Crippen LogP) is 16.4. The normalized spacial score (nSPS) is 19.6. The number of fused-ring (bicyclic) bond motifs is 4. The van der Waals surface area contributed by atoms with Crippen molar-refractivity contribution in [3.63, 3.8) is 0 Å². The molecule has 3 aromatic heterocycles. The quantitative estimate of drug-likeness (QED) is 0.157. The van der Waals surface area contributed by atoms with Crippen LogP contribution in [-0.2, 0) is 0 Å². The molecule has 0 amide bonds. The molecule has 0 saturated carbocycles. The number of nitrogens with zero attached hydrogens (tertiary/aromatic N) is 2. The Morgan fingerprint density at radius 3 is 1.81 bits per heavy atom. The van der Waals surface area contributed by atoms with Gasteiger partial charge in [0.25, 0.3) is 0 Å². The standard InChI is InChI=1S/C60H36N2O/c1-3-12-37(13-4-1)55-56(59(43-14-5-2-6-15-43)63-60(55)51-31-28-40-24-23-38-16-9-17-39-27-30-50(51)54(40)53(38)39)45-19-10-18-44(36-45)46-32-33-49(48-22-8-7-21-47(46)48)52-34-29-42-26-25-41-20-11-35-61-57(41)58(42)62-52/h1-36H/i1D,2D,3D,4D,5D,6D,7D,8D,9D,10D,11D,12D,14D,15D,16D,17D,18D,19D,20D,21D,22D,23D,24D,25D,26D,27D,28D,29D,30D,31D,32D,33D,34D,35D,36D. The molecule has 0 radical (unpaired) electrons. The van der Waals surface area contributed by atoms with Crippen LogP contribution in [0.2, 0.25) is 0 Å². The third-order valence-corrected chi connectivity index (χ3v) is 10.3. The molecule has 10 aromatic carbocycles. The molecule has 292 valence electrons. The lowest BCUT2D eigenvalue weighted by Crippen LogP contribution is -1.91. The fraction of sp³-hybridized carbons (Fsp3) is 0. The molecule has 0 aliphatic heterocycles. The van der Waals surface area contributed by atoms with Gasteiger partial charge in [-0.1, -0.05) is 187 Å². The van der Waals surface area contributed by atoms with Crippen molar-refractivity contribution < 1.29 is 52.4 Å². The second kappa shape index (κ2) is 14.1. The molecular formula is C60H36N2O. The van der Waals surface area contributed by atoms with Crippen LogP contribution in [0.4, 0.5) is 0 Å². The summed E-state index contributed by atoms with van der Waals surface area (Å²) >= 11 is 0. The Morgan fingerprint density at radius 1 is 0.365 bits per heavy atom. The SMILES string of the molecule is [2H]c1cc(-c2c(-c3c([2H])c([2H])c4c([2H])c([2H])c5c([2H])c([2H])c([2H])c6c([2H])c([2H])c3c4c56)oc(-c3c([2H])c([2H])c([2H])c([2H])c3[2H])c2-c2c([2H])c([2H])c([2H])c(-c3c([2H])c([2H])c(-c4nc5c(c([2H])c4[2H])c([2H])c([2H])c4c([2H])c([2H])c([2H])nc45)c4c([2H])c([2H])c([2H])c([2H])c34)c2[2H])c([2H])c([2H])c1[2H]. The van der Waals surface area contributed by atoms with Gasteiger partial charge >= 0.3 is 0 Å². The third-order valence-electron chi connectivity index (χ3n) is 10.3. The van der Waals surface area contributed by atoms with Crippen molar-refractivity contribution in [2.24, 2.45) is 0 Å². The van der Waals surface area contributed by atoms with E-state index in [4.69, 9.17) is 27.7 Å². The number of rotatable bonds is 6. The van der Waals surface area contributed by atoms with E-state index in [2.05, 4.69) is 9.97 Å². The van der Waals surface area contributed by atoms with E-state index in [-0.39, 0.29) is 0 Å². The minimum atomic E-state index is -1.29. The van der Waals surface area contributed by atoms with Crippen molar-refractivity contribution >= 4 is 64.9 Å². The Kier molecular flexibility index (Phi) is 3.40. The van der Waals surface area contributed by atoms with Crippen LogP contribution in [-0.4, -0.2) is 9.97 Å². The molecule has 0 aliphatic rings. The number of hydrogen-bond acceptors (Lipinski definition) is 3. The molecule has 3 heterocycles. The number of furan rings is 1. The van der Waals surface area contributed by atoms with Crippen molar-refractivity contribution in [3.8, 4) is 67.3 Å². The van der Waals surface area contributed by atoms with Gasteiger partial charge in [-0.15, -0.1) is 0 Å². The van der Waals surface area contributed by atoms with Crippen molar-refractivity contribution in [2.45, 2.75) is 0 Å². The van der Waals surface area contributed by atoms with Gasteiger partial charge in [0.15, 0.2) is 0 Å². The van der Waals surface area contributed by atoms with E-state index in [0.717, 1.165) is 6.07 Å². The van der Waals surface area contributed by atoms with Gasteiger partial charge in [-0.2, -0.15) is 0 Å². The summed E-state index contributed by atoms with van der Waals surface area (Å²) in [7, 11) is 0. The molecule has 63 heavy (non-hydrogen) atoms. The lowest BCUT2D eigenvalue weighted by molar-refractivity contribution is 0.599. The molecule has 0 fully saturated rings. The maximum atomic E-state index is 10.4. The predicted molar refractivity (Wildman–Crippen MR) is 263 cm³/mol.